The van der Waals surface area contributed by atoms with Crippen LogP contribution in [-0.4, -0.2) is 22.7 Å². The molecule has 1 amide bonds. The maximum atomic E-state index is 11.7. The van der Waals surface area contributed by atoms with Crippen molar-refractivity contribution in [3.63, 3.8) is 0 Å². The highest BCUT2D eigenvalue weighted by Gasteiger charge is 2.11. The highest BCUT2D eigenvalue weighted by Crippen LogP contribution is 2.23. The molecule has 0 bridgehead atoms. The molecule has 0 saturated carbocycles. The van der Waals surface area contributed by atoms with Crippen LogP contribution in [0.5, 0.6) is 0 Å². The summed E-state index contributed by atoms with van der Waals surface area (Å²) in [6.45, 7) is 3.49. The summed E-state index contributed by atoms with van der Waals surface area (Å²) in [5, 5.41) is 0.733. The molecular formula is C10H13Br2NOS. The van der Waals surface area contributed by atoms with Crippen LogP contribution >= 0.6 is 43.2 Å². The standard InChI is InChI=1S/C10H13Br2NOS/c1-2-13(10(14)5-6-11)7-8-3-4-9(12)15-8/h3-4H,2,5-7H2,1H3. The molecule has 0 aliphatic heterocycles. The molecule has 0 radical (unpaired) electrons. The van der Waals surface area contributed by atoms with Gasteiger partial charge in [0.2, 0.25) is 5.91 Å². The van der Waals surface area contributed by atoms with Gasteiger partial charge in [-0.15, -0.1) is 11.3 Å². The van der Waals surface area contributed by atoms with Crippen molar-refractivity contribution in [2.45, 2.75) is 19.9 Å². The fraction of sp³-hybridized carbons (Fsp3) is 0.500. The fourth-order valence-electron chi connectivity index (χ4n) is 1.24. The second-order valence-electron chi connectivity index (χ2n) is 3.05. The van der Waals surface area contributed by atoms with Gasteiger partial charge in [-0.05, 0) is 35.0 Å². The number of hydrogen-bond donors (Lipinski definition) is 0. The lowest BCUT2D eigenvalue weighted by Gasteiger charge is -2.19. The van der Waals surface area contributed by atoms with E-state index >= 15 is 0 Å². The minimum absolute atomic E-state index is 0.207. The Hall–Kier alpha value is 0.130. The van der Waals surface area contributed by atoms with Crippen LogP contribution in [0.25, 0.3) is 0 Å². The van der Waals surface area contributed by atoms with Gasteiger partial charge in [0, 0.05) is 23.2 Å². The van der Waals surface area contributed by atoms with Crippen molar-refractivity contribution in [1.82, 2.24) is 4.90 Å². The Balaban J connectivity index is 2.57. The number of halogens is 2. The van der Waals surface area contributed by atoms with Crippen molar-refractivity contribution in [2.75, 3.05) is 11.9 Å². The molecule has 0 saturated heterocycles. The van der Waals surface area contributed by atoms with Gasteiger partial charge in [0.15, 0.2) is 0 Å². The van der Waals surface area contributed by atoms with E-state index in [9.17, 15) is 4.79 Å². The predicted molar refractivity (Wildman–Crippen MR) is 71.5 cm³/mol. The number of alkyl halides is 1. The molecule has 1 heterocycles. The first-order chi connectivity index (χ1) is 7.17. The summed E-state index contributed by atoms with van der Waals surface area (Å²) in [7, 11) is 0. The average Bonchev–Trinajstić information content (AvgIpc) is 2.61. The smallest absolute Gasteiger partial charge is 0.223 e. The molecule has 0 fully saturated rings. The molecule has 0 unspecified atom stereocenters. The van der Waals surface area contributed by atoms with Crippen LogP contribution in [0.3, 0.4) is 0 Å². The molecule has 5 heteroatoms. The predicted octanol–water partition coefficient (Wildman–Crippen LogP) is 3.64. The third-order valence-corrected chi connectivity index (χ3v) is 4.02. The van der Waals surface area contributed by atoms with Gasteiger partial charge in [0.1, 0.15) is 0 Å². The molecule has 1 aromatic rings. The Morgan fingerprint density at radius 2 is 2.27 bits per heavy atom. The zero-order valence-electron chi connectivity index (χ0n) is 8.50. The van der Waals surface area contributed by atoms with Gasteiger partial charge >= 0.3 is 0 Å². The van der Waals surface area contributed by atoms with E-state index < -0.39 is 0 Å². The van der Waals surface area contributed by atoms with E-state index in [0.717, 1.165) is 22.2 Å². The van der Waals surface area contributed by atoms with Crippen LogP contribution < -0.4 is 0 Å². The van der Waals surface area contributed by atoms with Gasteiger partial charge in [-0.1, -0.05) is 15.9 Å². The summed E-state index contributed by atoms with van der Waals surface area (Å²) in [5.74, 6) is 0.207. The van der Waals surface area contributed by atoms with E-state index in [0.29, 0.717) is 6.42 Å². The lowest BCUT2D eigenvalue weighted by Crippen LogP contribution is -2.29. The summed E-state index contributed by atoms with van der Waals surface area (Å²) in [5.41, 5.74) is 0. The van der Waals surface area contributed by atoms with Crippen LogP contribution in [0.1, 0.15) is 18.2 Å². The van der Waals surface area contributed by atoms with Crippen LogP contribution in [0.15, 0.2) is 15.9 Å². The van der Waals surface area contributed by atoms with Crippen LogP contribution in [0, 0.1) is 0 Å². The lowest BCUT2D eigenvalue weighted by molar-refractivity contribution is -0.131. The number of carbonyl (C=O) groups is 1. The highest BCUT2D eigenvalue weighted by atomic mass is 79.9. The lowest BCUT2D eigenvalue weighted by atomic mass is 10.3. The molecule has 0 atom stereocenters. The first kappa shape index (κ1) is 13.2. The van der Waals surface area contributed by atoms with Crippen molar-refractivity contribution in [2.24, 2.45) is 0 Å². The van der Waals surface area contributed by atoms with Crippen LogP contribution in [-0.2, 0) is 11.3 Å². The average molecular weight is 355 g/mol. The maximum absolute atomic E-state index is 11.7. The van der Waals surface area contributed by atoms with Crippen molar-refractivity contribution in [1.29, 1.82) is 0 Å². The highest BCUT2D eigenvalue weighted by molar-refractivity contribution is 9.11. The molecule has 0 aromatic carbocycles. The molecule has 1 rings (SSSR count). The molecule has 0 aliphatic rings. The minimum Gasteiger partial charge on any atom is -0.338 e. The SMILES string of the molecule is CCN(Cc1ccc(Br)s1)C(=O)CCBr. The van der Waals surface area contributed by atoms with E-state index in [1.165, 1.54) is 4.88 Å². The summed E-state index contributed by atoms with van der Waals surface area (Å²) < 4.78 is 1.11. The van der Waals surface area contributed by atoms with Gasteiger partial charge in [-0.25, -0.2) is 0 Å². The maximum Gasteiger partial charge on any atom is 0.223 e. The third kappa shape index (κ3) is 4.25. The number of amides is 1. The second-order valence-corrected chi connectivity index (χ2v) is 6.39. The van der Waals surface area contributed by atoms with E-state index in [1.807, 2.05) is 17.9 Å². The fourth-order valence-corrected chi connectivity index (χ4v) is 3.08. The molecule has 0 spiro atoms. The first-order valence-electron chi connectivity index (χ1n) is 4.75. The first-order valence-corrected chi connectivity index (χ1v) is 7.48. The van der Waals surface area contributed by atoms with Crippen LogP contribution in [0.2, 0.25) is 0 Å². The van der Waals surface area contributed by atoms with E-state index in [-0.39, 0.29) is 5.91 Å². The topological polar surface area (TPSA) is 20.3 Å². The number of thiophene rings is 1. The van der Waals surface area contributed by atoms with Gasteiger partial charge in [0.25, 0.3) is 0 Å². The minimum atomic E-state index is 0.207. The Kier molecular flexibility index (Phi) is 5.86. The molecule has 2 nitrogen and oxygen atoms in total. The summed E-state index contributed by atoms with van der Waals surface area (Å²) in [6.07, 6.45) is 0.570. The zero-order chi connectivity index (χ0) is 11.3. The van der Waals surface area contributed by atoms with Crippen molar-refractivity contribution in [3.8, 4) is 0 Å². The summed E-state index contributed by atoms with van der Waals surface area (Å²) >= 11 is 8.38. The van der Waals surface area contributed by atoms with E-state index in [2.05, 4.69) is 37.9 Å². The second kappa shape index (κ2) is 6.66. The van der Waals surface area contributed by atoms with Crippen molar-refractivity contribution in [3.05, 3.63) is 20.8 Å². The quantitative estimate of drug-likeness (QED) is 0.739. The van der Waals surface area contributed by atoms with Crippen LogP contribution in [0.4, 0.5) is 0 Å². The Labute approximate surface area is 111 Å². The number of carbonyl (C=O) groups excluding carboxylic acids is 1. The van der Waals surface area contributed by atoms with Gasteiger partial charge < -0.3 is 4.90 Å². The Morgan fingerprint density at radius 1 is 1.53 bits per heavy atom. The monoisotopic (exact) mass is 353 g/mol. The molecule has 84 valence electrons. The molecule has 0 N–H and O–H groups in total. The number of hydrogen-bond acceptors (Lipinski definition) is 2. The van der Waals surface area contributed by atoms with Crippen molar-refractivity contribution >= 4 is 49.1 Å². The molecule has 1 aromatic heterocycles. The van der Waals surface area contributed by atoms with Crippen molar-refractivity contribution < 1.29 is 4.79 Å². The number of nitrogens with zero attached hydrogens (tertiary/aromatic N) is 1. The normalized spacial score (nSPS) is 10.3. The molecule has 15 heavy (non-hydrogen) atoms. The molecular weight excluding hydrogens is 342 g/mol. The Bertz CT molecular complexity index is 327. The largest absolute Gasteiger partial charge is 0.338 e. The number of rotatable bonds is 5. The zero-order valence-corrected chi connectivity index (χ0v) is 12.5. The van der Waals surface area contributed by atoms with Gasteiger partial charge in [0.05, 0.1) is 10.3 Å². The summed E-state index contributed by atoms with van der Waals surface area (Å²) in [4.78, 5) is 14.8. The third-order valence-electron chi connectivity index (χ3n) is 2.02. The Morgan fingerprint density at radius 3 is 2.73 bits per heavy atom. The molecule has 0 aliphatic carbocycles. The van der Waals surface area contributed by atoms with Gasteiger partial charge in [-0.3, -0.25) is 4.79 Å². The van der Waals surface area contributed by atoms with E-state index in [1.54, 1.807) is 11.3 Å². The van der Waals surface area contributed by atoms with Gasteiger partial charge in [-0.2, -0.15) is 0 Å². The summed E-state index contributed by atoms with van der Waals surface area (Å²) in [6, 6.07) is 4.07. The van der Waals surface area contributed by atoms with E-state index in [4.69, 9.17) is 0 Å².